The summed E-state index contributed by atoms with van der Waals surface area (Å²) in [5.74, 6) is -1.29. The average molecular weight is 682 g/mol. The second-order valence-corrected chi connectivity index (χ2v) is 11.7. The Morgan fingerprint density at radius 2 is 1.41 bits per heavy atom. The molecule has 1 atom stereocenters. The van der Waals surface area contributed by atoms with Crippen LogP contribution in [-0.2, 0) is 15.8 Å². The quantitative estimate of drug-likeness (QED) is 0.0959. The Balaban J connectivity index is 1.41. The first-order chi connectivity index (χ1) is 23.6. The Morgan fingerprint density at radius 3 is 2.12 bits per heavy atom. The molecule has 5 rings (SSSR count). The lowest BCUT2D eigenvalue weighted by Crippen LogP contribution is -2.30. The maximum atomic E-state index is 13.7. The second kappa shape index (κ2) is 15.9. The number of halogens is 3. The summed E-state index contributed by atoms with van der Waals surface area (Å²) in [4.78, 5) is 40.9. The van der Waals surface area contributed by atoms with Gasteiger partial charge in [0.15, 0.2) is 0 Å². The fraction of sp³-hybridized carbons (Fsp3) is 0.0789. The number of carbonyl (C=O) groups excluding carboxylic acids is 3. The number of rotatable bonds is 11. The number of nitrogens with one attached hydrogen (secondary N) is 3. The molecule has 7 nitrogen and oxygen atoms in total. The summed E-state index contributed by atoms with van der Waals surface area (Å²) in [6, 6.07) is 35.5. The first-order valence-corrected chi connectivity index (χ1v) is 15.8. The van der Waals surface area contributed by atoms with Crippen molar-refractivity contribution in [3.05, 3.63) is 161 Å². The van der Waals surface area contributed by atoms with Gasteiger partial charge in [-0.1, -0.05) is 84.9 Å². The number of thioether (sulfide) groups is 1. The van der Waals surface area contributed by atoms with Gasteiger partial charge in [0.2, 0.25) is 5.91 Å². The Labute approximate surface area is 285 Å². The van der Waals surface area contributed by atoms with Crippen LogP contribution < -0.4 is 20.7 Å². The van der Waals surface area contributed by atoms with E-state index in [0.29, 0.717) is 33.0 Å². The van der Waals surface area contributed by atoms with E-state index in [1.54, 1.807) is 109 Å². The van der Waals surface area contributed by atoms with Gasteiger partial charge in [0.05, 0.1) is 18.4 Å². The van der Waals surface area contributed by atoms with Crippen LogP contribution in [0.25, 0.3) is 6.08 Å². The normalized spacial score (nSPS) is 12.0. The van der Waals surface area contributed by atoms with E-state index in [2.05, 4.69) is 16.0 Å². The van der Waals surface area contributed by atoms with Gasteiger partial charge in [-0.2, -0.15) is 13.2 Å². The zero-order chi connectivity index (χ0) is 34.8. The van der Waals surface area contributed by atoms with Crippen LogP contribution in [0.2, 0.25) is 0 Å². The van der Waals surface area contributed by atoms with Gasteiger partial charge >= 0.3 is 6.18 Å². The van der Waals surface area contributed by atoms with Gasteiger partial charge in [-0.25, -0.2) is 0 Å². The smallest absolute Gasteiger partial charge is 0.418 e. The highest BCUT2D eigenvalue weighted by Gasteiger charge is 2.34. The number of hydrogen-bond donors (Lipinski definition) is 3. The minimum atomic E-state index is -4.66. The van der Waals surface area contributed by atoms with Crippen molar-refractivity contribution < 1.29 is 32.3 Å². The number of carbonyl (C=O) groups is 3. The molecule has 3 N–H and O–H groups in total. The third-order valence-electron chi connectivity index (χ3n) is 7.14. The zero-order valence-electron chi connectivity index (χ0n) is 26.0. The molecule has 0 aliphatic heterocycles. The van der Waals surface area contributed by atoms with Gasteiger partial charge in [0, 0.05) is 21.7 Å². The molecule has 0 aromatic heterocycles. The molecule has 0 heterocycles. The van der Waals surface area contributed by atoms with Crippen LogP contribution in [0.3, 0.4) is 0 Å². The van der Waals surface area contributed by atoms with E-state index in [9.17, 15) is 27.6 Å². The van der Waals surface area contributed by atoms with Crippen molar-refractivity contribution in [3.8, 4) is 5.75 Å². The zero-order valence-corrected chi connectivity index (χ0v) is 26.8. The SMILES string of the molecule is COc1ccccc1/C=C(/NC(=O)c1ccccc1)C(=O)Nc1cccc(SC(C(=O)Nc2ccccc2C(F)(F)F)c2ccccc2)c1. The molecular formula is C38H30F3N3O4S. The van der Waals surface area contributed by atoms with E-state index in [0.717, 1.165) is 17.8 Å². The Hall–Kier alpha value is -5.81. The van der Waals surface area contributed by atoms with E-state index >= 15 is 0 Å². The second-order valence-electron chi connectivity index (χ2n) is 10.5. The third kappa shape index (κ3) is 9.17. The third-order valence-corrected chi connectivity index (χ3v) is 8.39. The number of ether oxygens (including phenoxy) is 1. The van der Waals surface area contributed by atoms with Gasteiger partial charge in [-0.05, 0) is 60.2 Å². The molecule has 3 amide bonds. The van der Waals surface area contributed by atoms with Crippen molar-refractivity contribution in [1.82, 2.24) is 5.32 Å². The van der Waals surface area contributed by atoms with Crippen LogP contribution in [0.1, 0.15) is 32.3 Å². The van der Waals surface area contributed by atoms with Crippen molar-refractivity contribution in [2.45, 2.75) is 16.3 Å². The summed E-state index contributed by atoms with van der Waals surface area (Å²) in [6.45, 7) is 0. The summed E-state index contributed by atoms with van der Waals surface area (Å²) in [6.07, 6.45) is -3.16. The topological polar surface area (TPSA) is 96.5 Å². The molecule has 1 unspecified atom stereocenters. The highest BCUT2D eigenvalue weighted by molar-refractivity contribution is 8.00. The minimum absolute atomic E-state index is 0.0544. The van der Waals surface area contributed by atoms with Crippen molar-refractivity contribution in [1.29, 1.82) is 0 Å². The standard InChI is InChI=1S/C38H30F3N3O4S/c1-48-33-22-11-8-17-27(33)23-32(44-35(45)26-15-6-3-7-16-26)36(46)42-28-18-12-19-29(24-28)49-34(25-13-4-2-5-14-25)37(47)43-31-21-10-9-20-30(31)38(39,40)41/h2-24,34H,1H3,(H,42,46)(H,43,47)(H,44,45)/b32-23+. The molecule has 5 aromatic carbocycles. The number of anilines is 2. The molecule has 0 aliphatic carbocycles. The number of benzene rings is 5. The molecule has 49 heavy (non-hydrogen) atoms. The van der Waals surface area contributed by atoms with E-state index in [-0.39, 0.29) is 11.4 Å². The van der Waals surface area contributed by atoms with Crippen LogP contribution in [0.4, 0.5) is 24.5 Å². The fourth-order valence-corrected chi connectivity index (χ4v) is 5.89. The summed E-state index contributed by atoms with van der Waals surface area (Å²) in [5.41, 5.74) is 0.454. The molecule has 0 fully saturated rings. The van der Waals surface area contributed by atoms with E-state index in [1.165, 1.54) is 31.4 Å². The monoisotopic (exact) mass is 681 g/mol. The Morgan fingerprint density at radius 1 is 0.755 bits per heavy atom. The molecule has 5 aromatic rings. The molecule has 0 bridgehead atoms. The molecule has 0 radical (unpaired) electrons. The first-order valence-electron chi connectivity index (χ1n) is 14.9. The number of para-hydroxylation sites is 2. The maximum absolute atomic E-state index is 13.7. The lowest BCUT2D eigenvalue weighted by molar-refractivity contribution is -0.137. The molecule has 0 spiro atoms. The van der Waals surface area contributed by atoms with Gasteiger partial charge in [0.25, 0.3) is 11.8 Å². The summed E-state index contributed by atoms with van der Waals surface area (Å²) >= 11 is 1.10. The van der Waals surface area contributed by atoms with E-state index < -0.39 is 34.7 Å². The summed E-state index contributed by atoms with van der Waals surface area (Å²) < 4.78 is 46.4. The number of alkyl halides is 3. The van der Waals surface area contributed by atoms with E-state index in [1.807, 2.05) is 0 Å². The maximum Gasteiger partial charge on any atom is 0.418 e. The molecule has 11 heteroatoms. The first kappa shape index (κ1) is 34.5. The lowest BCUT2D eigenvalue weighted by atomic mass is 10.1. The van der Waals surface area contributed by atoms with Crippen molar-refractivity contribution in [2.75, 3.05) is 17.7 Å². The number of amides is 3. The van der Waals surface area contributed by atoms with Crippen LogP contribution >= 0.6 is 11.8 Å². The lowest BCUT2D eigenvalue weighted by Gasteiger charge is -2.19. The Kier molecular flexibility index (Phi) is 11.2. The van der Waals surface area contributed by atoms with Gasteiger partial charge < -0.3 is 20.7 Å². The van der Waals surface area contributed by atoms with Crippen molar-refractivity contribution in [2.24, 2.45) is 0 Å². The predicted molar refractivity (Wildman–Crippen MR) is 185 cm³/mol. The molecule has 0 saturated carbocycles. The molecule has 0 aliphatic rings. The van der Waals surface area contributed by atoms with Gasteiger partial charge in [-0.15, -0.1) is 11.8 Å². The number of hydrogen-bond acceptors (Lipinski definition) is 5. The van der Waals surface area contributed by atoms with Crippen LogP contribution in [0, 0.1) is 0 Å². The van der Waals surface area contributed by atoms with Crippen LogP contribution in [0.5, 0.6) is 5.75 Å². The summed E-state index contributed by atoms with van der Waals surface area (Å²) in [5, 5.41) is 7.00. The minimum Gasteiger partial charge on any atom is -0.496 e. The van der Waals surface area contributed by atoms with Gasteiger partial charge in [0.1, 0.15) is 16.7 Å². The van der Waals surface area contributed by atoms with Crippen LogP contribution in [0.15, 0.2) is 144 Å². The number of methoxy groups -OCH3 is 1. The van der Waals surface area contributed by atoms with Crippen LogP contribution in [-0.4, -0.2) is 24.8 Å². The summed E-state index contributed by atoms with van der Waals surface area (Å²) in [7, 11) is 1.50. The fourth-order valence-electron chi connectivity index (χ4n) is 4.80. The highest BCUT2D eigenvalue weighted by atomic mass is 32.2. The van der Waals surface area contributed by atoms with E-state index in [4.69, 9.17) is 4.74 Å². The Bertz CT molecular complexity index is 1970. The van der Waals surface area contributed by atoms with Crippen molar-refractivity contribution >= 4 is 46.9 Å². The highest BCUT2D eigenvalue weighted by Crippen LogP contribution is 2.39. The predicted octanol–water partition coefficient (Wildman–Crippen LogP) is 8.60. The average Bonchev–Trinajstić information content (AvgIpc) is 3.11. The molecule has 0 saturated heterocycles. The molecular weight excluding hydrogens is 651 g/mol. The van der Waals surface area contributed by atoms with Gasteiger partial charge in [-0.3, -0.25) is 14.4 Å². The van der Waals surface area contributed by atoms with Crippen molar-refractivity contribution in [3.63, 3.8) is 0 Å². The molecule has 248 valence electrons. The largest absolute Gasteiger partial charge is 0.496 e.